The third kappa shape index (κ3) is 3.19. The topological polar surface area (TPSA) is 68.5 Å². The molecule has 6 heteroatoms. The van der Waals surface area contributed by atoms with Crippen molar-refractivity contribution in [3.8, 4) is 0 Å². The van der Waals surface area contributed by atoms with Crippen molar-refractivity contribution in [3.63, 3.8) is 0 Å². The average Bonchev–Trinajstić information content (AvgIpc) is 3.03. The molecule has 0 aliphatic carbocycles. The molecular weight excluding hydrogens is 298 g/mol. The molecule has 0 bridgehead atoms. The van der Waals surface area contributed by atoms with Crippen LogP contribution in [-0.2, 0) is 11.3 Å². The number of rotatable bonds is 3. The smallest absolute Gasteiger partial charge is 0.273 e. The van der Waals surface area contributed by atoms with Gasteiger partial charge in [-0.15, -0.1) is 11.3 Å². The van der Waals surface area contributed by atoms with Crippen LogP contribution in [0.4, 0.5) is 0 Å². The number of carbonyl (C=O) groups excluding carboxylic acids is 1. The van der Waals surface area contributed by atoms with Gasteiger partial charge in [-0.1, -0.05) is 30.3 Å². The highest BCUT2D eigenvalue weighted by molar-refractivity contribution is 7.09. The van der Waals surface area contributed by atoms with E-state index in [1.807, 2.05) is 42.2 Å². The number of benzene rings is 1. The second-order valence-electron chi connectivity index (χ2n) is 5.39. The molecule has 1 fully saturated rings. The van der Waals surface area contributed by atoms with Gasteiger partial charge in [0.1, 0.15) is 16.8 Å². The predicted octanol–water partition coefficient (Wildman–Crippen LogP) is 2.20. The molecule has 2 atom stereocenters. The van der Waals surface area contributed by atoms with Crippen molar-refractivity contribution in [2.75, 3.05) is 13.1 Å². The lowest BCUT2D eigenvalue weighted by atomic mass is 10.1. The van der Waals surface area contributed by atoms with Crippen LogP contribution in [0.1, 0.15) is 34.1 Å². The maximum Gasteiger partial charge on any atom is 0.273 e. The van der Waals surface area contributed by atoms with Gasteiger partial charge in [0.15, 0.2) is 0 Å². The molecule has 0 saturated carbocycles. The van der Waals surface area contributed by atoms with Crippen LogP contribution in [0.3, 0.4) is 0 Å². The first kappa shape index (κ1) is 15.1. The Bertz CT molecular complexity index is 644. The fraction of sp³-hybridized carbons (Fsp3) is 0.375. The number of aromatic nitrogens is 1. The Hall–Kier alpha value is -1.76. The van der Waals surface area contributed by atoms with E-state index in [0.29, 0.717) is 25.3 Å². The summed E-state index contributed by atoms with van der Waals surface area (Å²) >= 11 is 1.42. The van der Waals surface area contributed by atoms with Gasteiger partial charge in [-0.25, -0.2) is 4.98 Å². The van der Waals surface area contributed by atoms with Crippen molar-refractivity contribution < 1.29 is 9.53 Å². The summed E-state index contributed by atoms with van der Waals surface area (Å²) in [6.45, 7) is 3.48. The monoisotopic (exact) mass is 317 g/mol. The van der Waals surface area contributed by atoms with Crippen molar-refractivity contribution in [1.29, 1.82) is 0 Å². The van der Waals surface area contributed by atoms with Crippen LogP contribution in [-0.4, -0.2) is 35.0 Å². The minimum atomic E-state index is -0.0958. The lowest BCUT2D eigenvalue weighted by molar-refractivity contribution is -0.0692. The van der Waals surface area contributed by atoms with Crippen molar-refractivity contribution in [2.24, 2.45) is 5.73 Å². The Labute approximate surface area is 133 Å². The Kier molecular flexibility index (Phi) is 4.52. The van der Waals surface area contributed by atoms with Gasteiger partial charge in [0.05, 0.1) is 12.6 Å². The molecule has 3 rings (SSSR count). The Morgan fingerprint density at radius 3 is 2.86 bits per heavy atom. The molecule has 1 aliphatic rings. The number of thiazole rings is 1. The molecule has 2 aromatic rings. The second-order valence-corrected chi connectivity index (χ2v) is 6.33. The number of nitrogens with zero attached hydrogens (tertiary/aromatic N) is 2. The summed E-state index contributed by atoms with van der Waals surface area (Å²) in [5.41, 5.74) is 7.13. The van der Waals surface area contributed by atoms with Gasteiger partial charge in [-0.3, -0.25) is 4.79 Å². The molecule has 1 aromatic heterocycles. The van der Waals surface area contributed by atoms with Crippen molar-refractivity contribution in [1.82, 2.24) is 9.88 Å². The van der Waals surface area contributed by atoms with Crippen LogP contribution in [0.2, 0.25) is 0 Å². The van der Waals surface area contributed by atoms with Gasteiger partial charge in [-0.2, -0.15) is 0 Å². The molecular formula is C16H19N3O2S. The summed E-state index contributed by atoms with van der Waals surface area (Å²) < 4.78 is 5.98. The highest BCUT2D eigenvalue weighted by Crippen LogP contribution is 2.26. The summed E-state index contributed by atoms with van der Waals surface area (Å²) in [5.74, 6) is -0.0490. The van der Waals surface area contributed by atoms with Crippen LogP contribution in [0.25, 0.3) is 0 Å². The third-order valence-corrected chi connectivity index (χ3v) is 4.54. The number of amides is 1. The Morgan fingerprint density at radius 2 is 2.18 bits per heavy atom. The minimum Gasteiger partial charge on any atom is -0.367 e. The first-order valence-corrected chi connectivity index (χ1v) is 8.19. The molecule has 0 radical (unpaired) electrons. The van der Waals surface area contributed by atoms with Crippen molar-refractivity contribution in [2.45, 2.75) is 25.7 Å². The highest BCUT2D eigenvalue weighted by Gasteiger charge is 2.30. The minimum absolute atomic E-state index is 0.00415. The maximum absolute atomic E-state index is 12.6. The van der Waals surface area contributed by atoms with Gasteiger partial charge < -0.3 is 15.4 Å². The van der Waals surface area contributed by atoms with Crippen molar-refractivity contribution in [3.05, 3.63) is 52.0 Å². The van der Waals surface area contributed by atoms with E-state index in [9.17, 15) is 4.79 Å². The molecule has 1 aromatic carbocycles. The molecule has 0 unspecified atom stereocenters. The molecule has 22 heavy (non-hydrogen) atoms. The third-order valence-electron chi connectivity index (χ3n) is 3.66. The fourth-order valence-electron chi connectivity index (χ4n) is 2.63. The van der Waals surface area contributed by atoms with Crippen LogP contribution in [0, 0.1) is 0 Å². The predicted molar refractivity (Wildman–Crippen MR) is 85.6 cm³/mol. The van der Waals surface area contributed by atoms with Gasteiger partial charge in [0.2, 0.25) is 0 Å². The van der Waals surface area contributed by atoms with Gasteiger partial charge in [0, 0.05) is 18.5 Å². The molecule has 1 amide bonds. The Morgan fingerprint density at radius 1 is 1.41 bits per heavy atom. The summed E-state index contributed by atoms with van der Waals surface area (Å²) in [7, 11) is 0. The largest absolute Gasteiger partial charge is 0.367 e. The van der Waals surface area contributed by atoms with Crippen LogP contribution < -0.4 is 5.73 Å². The number of hydrogen-bond donors (Lipinski definition) is 1. The van der Waals surface area contributed by atoms with Crippen LogP contribution in [0.15, 0.2) is 35.7 Å². The van der Waals surface area contributed by atoms with E-state index >= 15 is 0 Å². The lowest BCUT2D eigenvalue weighted by Gasteiger charge is -2.36. The highest BCUT2D eigenvalue weighted by atomic mass is 32.1. The van der Waals surface area contributed by atoms with Crippen molar-refractivity contribution >= 4 is 17.2 Å². The lowest BCUT2D eigenvalue weighted by Crippen LogP contribution is -2.46. The second kappa shape index (κ2) is 6.56. The summed E-state index contributed by atoms with van der Waals surface area (Å²) in [5, 5.41) is 2.56. The maximum atomic E-state index is 12.6. The number of morpholine rings is 1. The zero-order valence-electron chi connectivity index (χ0n) is 12.4. The van der Waals surface area contributed by atoms with E-state index in [1.54, 1.807) is 5.38 Å². The standard InChI is InChI=1S/C16H19N3O2S/c1-11-8-19(16(20)13-10-22-15(7-17)18-13)9-14(21-11)12-5-3-2-4-6-12/h2-6,10-11,14H,7-9,17H2,1H3/t11-,14-/m1/s1. The van der Waals surface area contributed by atoms with Gasteiger partial charge >= 0.3 is 0 Å². The molecule has 2 heterocycles. The Balaban J connectivity index is 1.77. The number of carbonyl (C=O) groups is 1. The number of hydrogen-bond acceptors (Lipinski definition) is 5. The van der Waals surface area contributed by atoms with E-state index in [4.69, 9.17) is 10.5 Å². The summed E-state index contributed by atoms with van der Waals surface area (Å²) in [4.78, 5) is 18.7. The normalized spacial score (nSPS) is 21.8. The zero-order chi connectivity index (χ0) is 15.5. The molecule has 0 spiro atoms. The van der Waals surface area contributed by atoms with Gasteiger partial charge in [-0.05, 0) is 12.5 Å². The molecule has 2 N–H and O–H groups in total. The van der Waals surface area contributed by atoms with E-state index in [2.05, 4.69) is 4.98 Å². The molecule has 1 saturated heterocycles. The fourth-order valence-corrected chi connectivity index (χ4v) is 3.28. The first-order valence-electron chi connectivity index (χ1n) is 7.31. The molecule has 5 nitrogen and oxygen atoms in total. The average molecular weight is 317 g/mol. The SMILES string of the molecule is C[C@@H]1CN(C(=O)c2csc(CN)n2)C[C@H](c2ccccc2)O1. The zero-order valence-corrected chi connectivity index (χ0v) is 13.3. The number of ether oxygens (including phenoxy) is 1. The van der Waals surface area contributed by atoms with E-state index in [1.165, 1.54) is 11.3 Å². The number of nitrogens with two attached hydrogens (primary N) is 1. The quantitative estimate of drug-likeness (QED) is 0.942. The van der Waals surface area contributed by atoms with Gasteiger partial charge in [0.25, 0.3) is 5.91 Å². The van der Waals surface area contributed by atoms with E-state index < -0.39 is 0 Å². The van der Waals surface area contributed by atoms with E-state index in [-0.39, 0.29) is 18.1 Å². The summed E-state index contributed by atoms with van der Waals surface area (Å²) in [6, 6.07) is 10.00. The molecule has 116 valence electrons. The molecule has 1 aliphatic heterocycles. The first-order chi connectivity index (χ1) is 10.7. The van der Waals surface area contributed by atoms with Crippen LogP contribution in [0.5, 0.6) is 0 Å². The van der Waals surface area contributed by atoms with Crippen LogP contribution >= 0.6 is 11.3 Å². The summed E-state index contributed by atoms with van der Waals surface area (Å²) in [6.07, 6.45) is -0.1000. The van der Waals surface area contributed by atoms with E-state index in [0.717, 1.165) is 10.6 Å².